The molecule has 1 rings (SSSR count). The largest absolute Gasteiger partial charge is 0.495 e. The molecule has 0 unspecified atom stereocenters. The minimum absolute atomic E-state index is 0.164. The fraction of sp³-hybridized carbons (Fsp3) is 0.444. The van der Waals surface area contributed by atoms with Crippen LogP contribution >= 0.6 is 0 Å². The summed E-state index contributed by atoms with van der Waals surface area (Å²) in [5, 5.41) is 0. The first kappa shape index (κ1) is 10.8. The van der Waals surface area contributed by atoms with Gasteiger partial charge in [0.1, 0.15) is 11.4 Å². The van der Waals surface area contributed by atoms with Crippen LogP contribution < -0.4 is 10.5 Å². The highest BCUT2D eigenvalue weighted by molar-refractivity contribution is 5.40. The Morgan fingerprint density at radius 1 is 1.57 bits per heavy atom. The molecule has 0 aromatic carbocycles. The SMILES string of the molecule is COc1cnc(C(F)F)c(C)c1CN. The molecular formula is C9H12F2N2O. The van der Waals surface area contributed by atoms with Gasteiger partial charge in [-0.3, -0.25) is 4.98 Å². The number of methoxy groups -OCH3 is 1. The molecular weight excluding hydrogens is 190 g/mol. The van der Waals surface area contributed by atoms with E-state index in [1.807, 2.05) is 0 Å². The van der Waals surface area contributed by atoms with Crippen LogP contribution in [0.15, 0.2) is 6.20 Å². The van der Waals surface area contributed by atoms with E-state index in [2.05, 4.69) is 4.98 Å². The first-order valence-corrected chi connectivity index (χ1v) is 4.12. The van der Waals surface area contributed by atoms with Crippen molar-refractivity contribution in [3.63, 3.8) is 0 Å². The molecule has 0 atom stereocenters. The third-order valence-electron chi connectivity index (χ3n) is 2.09. The summed E-state index contributed by atoms with van der Waals surface area (Å²) in [7, 11) is 1.46. The molecule has 0 amide bonds. The summed E-state index contributed by atoms with van der Waals surface area (Å²) in [5.41, 5.74) is 6.20. The summed E-state index contributed by atoms with van der Waals surface area (Å²) in [6, 6.07) is 0. The van der Waals surface area contributed by atoms with Crippen LogP contribution in [0.25, 0.3) is 0 Å². The van der Waals surface area contributed by atoms with Crippen molar-refractivity contribution in [1.29, 1.82) is 0 Å². The van der Waals surface area contributed by atoms with Gasteiger partial charge in [-0.2, -0.15) is 0 Å². The molecule has 0 saturated heterocycles. The molecule has 0 bridgehead atoms. The maximum atomic E-state index is 12.4. The van der Waals surface area contributed by atoms with Gasteiger partial charge in [0.25, 0.3) is 6.43 Å². The predicted octanol–water partition coefficient (Wildman–Crippen LogP) is 1.79. The third kappa shape index (κ3) is 1.82. The summed E-state index contributed by atoms with van der Waals surface area (Å²) in [6.45, 7) is 1.73. The Hall–Kier alpha value is -1.23. The molecule has 0 aliphatic rings. The zero-order valence-electron chi connectivity index (χ0n) is 8.05. The highest BCUT2D eigenvalue weighted by Crippen LogP contribution is 2.27. The van der Waals surface area contributed by atoms with E-state index in [9.17, 15) is 8.78 Å². The lowest BCUT2D eigenvalue weighted by atomic mass is 10.1. The summed E-state index contributed by atoms with van der Waals surface area (Å²) in [6.07, 6.45) is -1.30. The number of alkyl halides is 2. The number of nitrogens with zero attached hydrogens (tertiary/aromatic N) is 1. The number of pyridine rings is 1. The number of halogens is 2. The lowest BCUT2D eigenvalue weighted by Crippen LogP contribution is -2.07. The smallest absolute Gasteiger partial charge is 0.280 e. The van der Waals surface area contributed by atoms with Crippen LogP contribution in [0.2, 0.25) is 0 Å². The second-order valence-electron chi connectivity index (χ2n) is 2.82. The average Bonchev–Trinajstić information content (AvgIpc) is 2.16. The van der Waals surface area contributed by atoms with Crippen LogP contribution in [0.5, 0.6) is 5.75 Å². The zero-order chi connectivity index (χ0) is 10.7. The lowest BCUT2D eigenvalue weighted by Gasteiger charge is -2.12. The van der Waals surface area contributed by atoms with Crippen LogP contribution in [-0.4, -0.2) is 12.1 Å². The van der Waals surface area contributed by atoms with Crippen molar-refractivity contribution in [3.05, 3.63) is 23.0 Å². The van der Waals surface area contributed by atoms with Crippen LogP contribution in [0, 0.1) is 6.92 Å². The van der Waals surface area contributed by atoms with E-state index in [1.165, 1.54) is 13.3 Å². The Balaban J connectivity index is 3.27. The number of nitrogens with two attached hydrogens (primary N) is 1. The van der Waals surface area contributed by atoms with E-state index in [4.69, 9.17) is 10.5 Å². The molecule has 0 radical (unpaired) electrons. The van der Waals surface area contributed by atoms with Gasteiger partial charge in [-0.25, -0.2) is 8.78 Å². The van der Waals surface area contributed by atoms with Crippen molar-refractivity contribution < 1.29 is 13.5 Å². The molecule has 2 N–H and O–H groups in total. The molecule has 0 aliphatic heterocycles. The van der Waals surface area contributed by atoms with Crippen molar-refractivity contribution in [2.45, 2.75) is 19.9 Å². The molecule has 14 heavy (non-hydrogen) atoms. The minimum atomic E-state index is -2.58. The first-order valence-electron chi connectivity index (χ1n) is 4.12. The standard InChI is InChI=1S/C9H12F2N2O/c1-5-6(3-12)7(14-2)4-13-8(5)9(10)11/h4,9H,3,12H2,1-2H3. The van der Waals surface area contributed by atoms with Gasteiger partial charge < -0.3 is 10.5 Å². The second-order valence-corrected chi connectivity index (χ2v) is 2.82. The van der Waals surface area contributed by atoms with Crippen molar-refractivity contribution in [2.24, 2.45) is 5.73 Å². The fourth-order valence-electron chi connectivity index (χ4n) is 1.29. The Labute approximate surface area is 80.9 Å². The minimum Gasteiger partial charge on any atom is -0.495 e. The molecule has 1 heterocycles. The number of hydrogen-bond donors (Lipinski definition) is 1. The van der Waals surface area contributed by atoms with Crippen LogP contribution in [0.1, 0.15) is 23.2 Å². The molecule has 3 nitrogen and oxygen atoms in total. The zero-order valence-corrected chi connectivity index (χ0v) is 8.05. The number of rotatable bonds is 3. The van der Waals surface area contributed by atoms with Gasteiger partial charge in [0.05, 0.1) is 13.3 Å². The molecule has 1 aromatic rings. The summed E-state index contributed by atoms with van der Waals surface area (Å²) < 4.78 is 29.8. The van der Waals surface area contributed by atoms with E-state index in [0.29, 0.717) is 16.9 Å². The van der Waals surface area contributed by atoms with Gasteiger partial charge in [-0.15, -0.1) is 0 Å². The normalized spacial score (nSPS) is 10.7. The van der Waals surface area contributed by atoms with E-state index in [1.54, 1.807) is 6.92 Å². The monoisotopic (exact) mass is 202 g/mol. The first-order chi connectivity index (χ1) is 6.61. The number of aromatic nitrogens is 1. The number of ether oxygens (including phenoxy) is 1. The molecule has 0 fully saturated rings. The lowest BCUT2D eigenvalue weighted by molar-refractivity contribution is 0.145. The van der Waals surface area contributed by atoms with Crippen LogP contribution in [0.4, 0.5) is 8.78 Å². The van der Waals surface area contributed by atoms with Crippen LogP contribution in [0.3, 0.4) is 0 Å². The van der Waals surface area contributed by atoms with Crippen molar-refractivity contribution >= 4 is 0 Å². The Bertz CT molecular complexity index is 329. The van der Waals surface area contributed by atoms with E-state index in [0.717, 1.165) is 0 Å². The quantitative estimate of drug-likeness (QED) is 0.812. The maximum Gasteiger partial charge on any atom is 0.280 e. The molecule has 0 aliphatic carbocycles. The van der Waals surface area contributed by atoms with Gasteiger partial charge in [-0.1, -0.05) is 0 Å². The molecule has 0 saturated carbocycles. The molecule has 78 valence electrons. The summed E-state index contributed by atoms with van der Waals surface area (Å²) in [5.74, 6) is 0.453. The number of hydrogen-bond acceptors (Lipinski definition) is 3. The van der Waals surface area contributed by atoms with Gasteiger partial charge in [0, 0.05) is 12.1 Å². The van der Waals surface area contributed by atoms with E-state index in [-0.39, 0.29) is 12.2 Å². The van der Waals surface area contributed by atoms with E-state index < -0.39 is 6.43 Å². The van der Waals surface area contributed by atoms with Gasteiger partial charge >= 0.3 is 0 Å². The van der Waals surface area contributed by atoms with Gasteiger partial charge in [0.15, 0.2) is 0 Å². The van der Waals surface area contributed by atoms with E-state index >= 15 is 0 Å². The predicted molar refractivity (Wildman–Crippen MR) is 48.4 cm³/mol. The van der Waals surface area contributed by atoms with Crippen molar-refractivity contribution in [3.8, 4) is 5.75 Å². The molecule has 0 spiro atoms. The Morgan fingerprint density at radius 2 is 2.21 bits per heavy atom. The summed E-state index contributed by atoms with van der Waals surface area (Å²) >= 11 is 0. The Morgan fingerprint density at radius 3 is 2.64 bits per heavy atom. The van der Waals surface area contributed by atoms with Crippen molar-refractivity contribution in [1.82, 2.24) is 4.98 Å². The summed E-state index contributed by atoms with van der Waals surface area (Å²) in [4.78, 5) is 3.63. The molecule has 1 aromatic heterocycles. The average molecular weight is 202 g/mol. The van der Waals surface area contributed by atoms with Gasteiger partial charge in [-0.05, 0) is 12.5 Å². The van der Waals surface area contributed by atoms with Gasteiger partial charge in [0.2, 0.25) is 0 Å². The highest BCUT2D eigenvalue weighted by Gasteiger charge is 2.17. The highest BCUT2D eigenvalue weighted by atomic mass is 19.3. The van der Waals surface area contributed by atoms with Crippen molar-refractivity contribution in [2.75, 3.05) is 7.11 Å². The second kappa shape index (κ2) is 4.32. The Kier molecular flexibility index (Phi) is 3.35. The topological polar surface area (TPSA) is 48.1 Å². The van der Waals surface area contributed by atoms with Crippen LogP contribution in [-0.2, 0) is 6.54 Å². The third-order valence-corrected chi connectivity index (χ3v) is 2.09. The fourth-order valence-corrected chi connectivity index (χ4v) is 1.29. The maximum absolute atomic E-state index is 12.4. The molecule has 5 heteroatoms.